The third kappa shape index (κ3) is 2.70. The minimum atomic E-state index is -0.881. The Kier molecular flexibility index (Phi) is 3.74. The summed E-state index contributed by atoms with van der Waals surface area (Å²) in [4.78, 5) is 25.0. The fourth-order valence-electron chi connectivity index (χ4n) is 2.33. The molecule has 0 bridgehead atoms. The van der Waals surface area contributed by atoms with Crippen LogP contribution in [-0.2, 0) is 9.59 Å². The topological polar surface area (TPSA) is 69.6 Å². The molecule has 0 radical (unpaired) electrons. The molecule has 1 saturated heterocycles. The van der Waals surface area contributed by atoms with Crippen LogP contribution in [0.5, 0.6) is 0 Å². The lowest BCUT2D eigenvalue weighted by Crippen LogP contribution is -2.42. The first-order valence-electron chi connectivity index (χ1n) is 6.33. The van der Waals surface area contributed by atoms with Crippen LogP contribution in [0.4, 0.5) is 5.69 Å². The lowest BCUT2D eigenvalue weighted by molar-refractivity contribution is -0.141. The quantitative estimate of drug-likeness (QED) is 0.835. The van der Waals surface area contributed by atoms with Crippen molar-refractivity contribution in [1.82, 2.24) is 5.32 Å². The van der Waals surface area contributed by atoms with E-state index in [0.29, 0.717) is 6.54 Å². The summed E-state index contributed by atoms with van der Waals surface area (Å²) in [5.41, 5.74) is 1.95. The normalized spacial score (nSPS) is 23.7. The van der Waals surface area contributed by atoms with Crippen molar-refractivity contribution in [2.24, 2.45) is 5.92 Å². The number of nitrogens with zero attached hydrogens (tertiary/aromatic N) is 1. The first-order valence-corrected chi connectivity index (χ1v) is 6.33. The van der Waals surface area contributed by atoms with Gasteiger partial charge in [0.05, 0.1) is 5.92 Å². The lowest BCUT2D eigenvalue weighted by atomic mass is 10.1. The van der Waals surface area contributed by atoms with Gasteiger partial charge in [0, 0.05) is 18.8 Å². The Morgan fingerprint density at radius 3 is 2.74 bits per heavy atom. The Labute approximate surface area is 112 Å². The highest BCUT2D eigenvalue weighted by atomic mass is 16.4. The molecule has 1 aromatic rings. The van der Waals surface area contributed by atoms with Crippen molar-refractivity contribution in [1.29, 1.82) is 0 Å². The number of nitrogens with one attached hydrogen (secondary N) is 1. The maximum absolute atomic E-state index is 11.9. The van der Waals surface area contributed by atoms with Gasteiger partial charge in [-0.3, -0.25) is 9.59 Å². The number of anilines is 1. The molecule has 0 aromatic heterocycles. The monoisotopic (exact) mass is 262 g/mol. The van der Waals surface area contributed by atoms with Crippen LogP contribution in [-0.4, -0.2) is 36.1 Å². The van der Waals surface area contributed by atoms with Crippen molar-refractivity contribution in [3.05, 3.63) is 29.8 Å². The van der Waals surface area contributed by atoms with E-state index >= 15 is 0 Å². The van der Waals surface area contributed by atoms with E-state index in [2.05, 4.69) is 5.32 Å². The number of hydrogen-bond acceptors (Lipinski definition) is 3. The summed E-state index contributed by atoms with van der Waals surface area (Å²) >= 11 is 0. The number of rotatable bonds is 2. The van der Waals surface area contributed by atoms with Gasteiger partial charge in [0.25, 0.3) is 0 Å². The number of para-hydroxylation sites is 1. The Hall–Kier alpha value is -2.04. The van der Waals surface area contributed by atoms with E-state index in [1.165, 1.54) is 0 Å². The molecule has 2 atom stereocenters. The standard InChI is InChI=1S/C14H18N2O3/c1-9-5-3-4-6-12(9)16-8-11(14(18)19)7-15-13(17)10(16)2/h3-6,10-11H,7-8H2,1-2H3,(H,15,17)(H,18,19). The molecule has 5 heteroatoms. The number of benzene rings is 1. The van der Waals surface area contributed by atoms with Crippen molar-refractivity contribution in [3.8, 4) is 0 Å². The van der Waals surface area contributed by atoms with Crippen LogP contribution in [0.15, 0.2) is 24.3 Å². The largest absolute Gasteiger partial charge is 0.481 e. The summed E-state index contributed by atoms with van der Waals surface area (Å²) in [6, 6.07) is 7.33. The molecular formula is C14H18N2O3. The van der Waals surface area contributed by atoms with Gasteiger partial charge in [-0.25, -0.2) is 0 Å². The average Bonchev–Trinajstić information content (AvgIpc) is 2.52. The third-order valence-electron chi connectivity index (χ3n) is 3.56. The maximum Gasteiger partial charge on any atom is 0.310 e. The van der Waals surface area contributed by atoms with Gasteiger partial charge in [-0.15, -0.1) is 0 Å². The third-order valence-corrected chi connectivity index (χ3v) is 3.56. The van der Waals surface area contributed by atoms with Crippen LogP contribution in [0.3, 0.4) is 0 Å². The predicted molar refractivity (Wildman–Crippen MR) is 72.1 cm³/mol. The highest BCUT2D eigenvalue weighted by Gasteiger charge is 2.32. The minimum absolute atomic E-state index is 0.132. The van der Waals surface area contributed by atoms with Crippen molar-refractivity contribution in [2.75, 3.05) is 18.0 Å². The second-order valence-electron chi connectivity index (χ2n) is 4.90. The lowest BCUT2D eigenvalue weighted by Gasteiger charge is -2.30. The molecule has 1 aliphatic rings. The van der Waals surface area contributed by atoms with E-state index in [1.807, 2.05) is 36.1 Å². The maximum atomic E-state index is 11.9. The molecule has 0 saturated carbocycles. The number of aliphatic carboxylic acids is 1. The van der Waals surface area contributed by atoms with Crippen LogP contribution >= 0.6 is 0 Å². The summed E-state index contributed by atoms with van der Waals surface area (Å²) in [7, 11) is 0. The van der Waals surface area contributed by atoms with Crippen LogP contribution < -0.4 is 10.2 Å². The summed E-state index contributed by atoms with van der Waals surface area (Å²) in [6.45, 7) is 4.27. The molecule has 2 N–H and O–H groups in total. The van der Waals surface area contributed by atoms with E-state index in [-0.39, 0.29) is 18.5 Å². The molecule has 2 unspecified atom stereocenters. The molecule has 102 valence electrons. The number of hydrogen-bond donors (Lipinski definition) is 2. The van der Waals surface area contributed by atoms with Crippen molar-refractivity contribution >= 4 is 17.6 Å². The summed E-state index contributed by atoms with van der Waals surface area (Å²) in [5.74, 6) is -1.60. The highest BCUT2D eigenvalue weighted by Crippen LogP contribution is 2.24. The Morgan fingerprint density at radius 2 is 2.11 bits per heavy atom. The molecule has 1 heterocycles. The van der Waals surface area contributed by atoms with Gasteiger partial charge in [-0.2, -0.15) is 0 Å². The molecule has 1 amide bonds. The van der Waals surface area contributed by atoms with Crippen LogP contribution in [0.25, 0.3) is 0 Å². The van der Waals surface area contributed by atoms with Gasteiger partial charge in [0.15, 0.2) is 0 Å². The molecule has 5 nitrogen and oxygen atoms in total. The molecular weight excluding hydrogens is 244 g/mol. The predicted octanol–water partition coefficient (Wildman–Crippen LogP) is 1.02. The zero-order valence-corrected chi connectivity index (χ0v) is 11.1. The summed E-state index contributed by atoms with van der Waals surface area (Å²) in [5, 5.41) is 11.9. The van der Waals surface area contributed by atoms with Crippen LogP contribution in [0.2, 0.25) is 0 Å². The van der Waals surface area contributed by atoms with Crippen LogP contribution in [0.1, 0.15) is 12.5 Å². The first kappa shape index (κ1) is 13.4. The molecule has 2 rings (SSSR count). The van der Waals surface area contributed by atoms with E-state index in [9.17, 15) is 14.7 Å². The summed E-state index contributed by atoms with van der Waals surface area (Å²) < 4.78 is 0. The fraction of sp³-hybridized carbons (Fsp3) is 0.429. The average molecular weight is 262 g/mol. The second-order valence-corrected chi connectivity index (χ2v) is 4.90. The first-order chi connectivity index (χ1) is 9.00. The van der Waals surface area contributed by atoms with Gasteiger partial charge >= 0.3 is 5.97 Å². The number of carbonyl (C=O) groups excluding carboxylic acids is 1. The molecule has 1 aromatic carbocycles. The van der Waals surface area contributed by atoms with E-state index in [0.717, 1.165) is 11.3 Å². The fourth-order valence-corrected chi connectivity index (χ4v) is 2.33. The van der Waals surface area contributed by atoms with Gasteiger partial charge in [0.2, 0.25) is 5.91 Å². The molecule has 19 heavy (non-hydrogen) atoms. The van der Waals surface area contributed by atoms with Gasteiger partial charge in [-0.05, 0) is 25.5 Å². The van der Waals surface area contributed by atoms with Gasteiger partial charge in [0.1, 0.15) is 6.04 Å². The van der Waals surface area contributed by atoms with E-state index < -0.39 is 11.9 Å². The minimum Gasteiger partial charge on any atom is -0.481 e. The highest BCUT2D eigenvalue weighted by molar-refractivity contribution is 5.87. The summed E-state index contributed by atoms with van der Waals surface area (Å²) in [6.07, 6.45) is 0. The van der Waals surface area contributed by atoms with Gasteiger partial charge < -0.3 is 15.3 Å². The Balaban J connectivity index is 2.36. The van der Waals surface area contributed by atoms with Crippen LogP contribution in [0, 0.1) is 12.8 Å². The molecule has 0 spiro atoms. The van der Waals surface area contributed by atoms with Crippen molar-refractivity contribution in [2.45, 2.75) is 19.9 Å². The molecule has 1 fully saturated rings. The number of aryl methyl sites for hydroxylation is 1. The Morgan fingerprint density at radius 1 is 1.42 bits per heavy atom. The second kappa shape index (κ2) is 5.30. The van der Waals surface area contributed by atoms with Crippen molar-refractivity contribution < 1.29 is 14.7 Å². The van der Waals surface area contributed by atoms with E-state index in [1.54, 1.807) is 6.92 Å². The SMILES string of the molecule is Cc1ccccc1N1CC(C(=O)O)CNC(=O)C1C. The number of carboxylic acid groups (broad SMARTS) is 1. The smallest absolute Gasteiger partial charge is 0.310 e. The number of amides is 1. The van der Waals surface area contributed by atoms with E-state index in [4.69, 9.17) is 0 Å². The van der Waals surface area contributed by atoms with Crippen molar-refractivity contribution in [3.63, 3.8) is 0 Å². The molecule has 1 aliphatic heterocycles. The number of carboxylic acids is 1. The Bertz CT molecular complexity index is 501. The van der Waals surface area contributed by atoms with Gasteiger partial charge in [-0.1, -0.05) is 18.2 Å². The zero-order chi connectivity index (χ0) is 14.0. The zero-order valence-electron chi connectivity index (χ0n) is 11.1. The number of carbonyl (C=O) groups is 2. The molecule has 0 aliphatic carbocycles.